The summed E-state index contributed by atoms with van der Waals surface area (Å²) in [5.41, 5.74) is 0. The lowest BCUT2D eigenvalue weighted by Gasteiger charge is -2.11. The Balaban J connectivity index is 2.56. The van der Waals surface area contributed by atoms with Crippen LogP contribution in [-0.4, -0.2) is 38.7 Å². The molecule has 106 valence electrons. The Kier molecular flexibility index (Phi) is 5.47. The van der Waals surface area contributed by atoms with Gasteiger partial charge in [-0.2, -0.15) is 0 Å². The van der Waals surface area contributed by atoms with E-state index < -0.39 is 17.8 Å². The van der Waals surface area contributed by atoms with Gasteiger partial charge in [-0.1, -0.05) is 27.2 Å². The zero-order chi connectivity index (χ0) is 14.4. The maximum absolute atomic E-state index is 11.8. The van der Waals surface area contributed by atoms with Crippen molar-refractivity contribution < 1.29 is 14.7 Å². The van der Waals surface area contributed by atoms with E-state index in [1.807, 2.05) is 20.8 Å². The lowest BCUT2D eigenvalue weighted by atomic mass is 10.0. The third-order valence-electron chi connectivity index (χ3n) is 2.75. The fourth-order valence-electron chi connectivity index (χ4n) is 1.59. The fraction of sp³-hybridized carbons (Fsp3) is 0.667. The van der Waals surface area contributed by atoms with Gasteiger partial charge in [-0.05, 0) is 6.42 Å². The molecule has 0 aliphatic rings. The quantitative estimate of drug-likeness (QED) is 0.687. The van der Waals surface area contributed by atoms with Gasteiger partial charge >= 0.3 is 5.97 Å². The summed E-state index contributed by atoms with van der Waals surface area (Å²) >= 11 is 0. The summed E-state index contributed by atoms with van der Waals surface area (Å²) in [6.07, 6.45) is 1.28. The van der Waals surface area contributed by atoms with Crippen LogP contribution in [0, 0.1) is 5.92 Å². The van der Waals surface area contributed by atoms with Gasteiger partial charge in [0.05, 0.1) is 5.92 Å². The molecule has 0 aromatic carbocycles. The maximum Gasteiger partial charge on any atom is 0.308 e. The molecule has 7 heteroatoms. The lowest BCUT2D eigenvalue weighted by molar-refractivity contribution is -0.141. The number of hydrogen-bond acceptors (Lipinski definition) is 4. The highest BCUT2D eigenvalue weighted by Gasteiger charge is 2.19. The predicted molar refractivity (Wildman–Crippen MR) is 68.8 cm³/mol. The van der Waals surface area contributed by atoms with Crippen LogP contribution in [0.1, 0.15) is 56.0 Å². The molecule has 1 unspecified atom stereocenters. The minimum Gasteiger partial charge on any atom is -0.481 e. The topological polar surface area (TPSA) is 108 Å². The normalized spacial score (nSPS) is 12.4. The Morgan fingerprint density at radius 1 is 1.42 bits per heavy atom. The van der Waals surface area contributed by atoms with Crippen molar-refractivity contribution >= 4 is 11.9 Å². The minimum absolute atomic E-state index is 0.0457. The first-order valence-electron chi connectivity index (χ1n) is 6.39. The number of amides is 1. The van der Waals surface area contributed by atoms with E-state index in [-0.39, 0.29) is 18.3 Å². The van der Waals surface area contributed by atoms with Gasteiger partial charge in [-0.3, -0.25) is 14.7 Å². The van der Waals surface area contributed by atoms with E-state index in [4.69, 9.17) is 5.11 Å². The van der Waals surface area contributed by atoms with E-state index >= 15 is 0 Å². The van der Waals surface area contributed by atoms with Gasteiger partial charge in [0.25, 0.3) is 5.91 Å². The summed E-state index contributed by atoms with van der Waals surface area (Å²) in [6, 6.07) is 0. The number of carbonyl (C=O) groups is 2. The Bertz CT molecular complexity index is 442. The van der Waals surface area contributed by atoms with Crippen molar-refractivity contribution in [2.45, 2.75) is 39.5 Å². The first kappa shape index (κ1) is 15.1. The van der Waals surface area contributed by atoms with Crippen LogP contribution >= 0.6 is 0 Å². The molecule has 19 heavy (non-hydrogen) atoms. The van der Waals surface area contributed by atoms with Crippen LogP contribution in [0.5, 0.6) is 0 Å². The number of nitrogens with one attached hydrogen (secondary N) is 2. The highest BCUT2D eigenvalue weighted by Crippen LogP contribution is 2.08. The van der Waals surface area contributed by atoms with E-state index in [1.165, 1.54) is 0 Å². The van der Waals surface area contributed by atoms with Crippen LogP contribution in [0.25, 0.3) is 0 Å². The number of H-pyrrole nitrogens is 1. The van der Waals surface area contributed by atoms with Crippen molar-refractivity contribution in [1.82, 2.24) is 20.5 Å². The summed E-state index contributed by atoms with van der Waals surface area (Å²) in [5, 5.41) is 18.0. The third-order valence-corrected chi connectivity index (χ3v) is 2.75. The number of aromatic nitrogens is 3. The Morgan fingerprint density at radius 3 is 2.58 bits per heavy atom. The minimum atomic E-state index is -0.903. The predicted octanol–water partition coefficient (Wildman–Crippen LogP) is 1.16. The fourth-order valence-corrected chi connectivity index (χ4v) is 1.59. The molecule has 0 aliphatic carbocycles. The van der Waals surface area contributed by atoms with Gasteiger partial charge < -0.3 is 10.4 Å². The van der Waals surface area contributed by atoms with E-state index in [0.29, 0.717) is 12.2 Å². The van der Waals surface area contributed by atoms with Crippen LogP contribution in [0.2, 0.25) is 0 Å². The van der Waals surface area contributed by atoms with Crippen LogP contribution in [0.4, 0.5) is 0 Å². The van der Waals surface area contributed by atoms with E-state index in [9.17, 15) is 9.59 Å². The number of aliphatic carboxylic acids is 1. The number of rotatable bonds is 7. The lowest BCUT2D eigenvalue weighted by Crippen LogP contribution is -2.33. The SMILES string of the molecule is CCCC(CNC(=O)c1n[nH]c(C(C)C)n1)C(=O)O. The summed E-state index contributed by atoms with van der Waals surface area (Å²) in [6.45, 7) is 5.86. The molecule has 1 heterocycles. The number of carboxylic acid groups (broad SMARTS) is 1. The van der Waals surface area contributed by atoms with Gasteiger partial charge in [0, 0.05) is 12.5 Å². The maximum atomic E-state index is 11.8. The average Bonchev–Trinajstić information content (AvgIpc) is 2.83. The first-order valence-corrected chi connectivity index (χ1v) is 6.39. The van der Waals surface area contributed by atoms with Crippen molar-refractivity contribution in [3.05, 3.63) is 11.6 Å². The second-order valence-electron chi connectivity index (χ2n) is 4.73. The molecule has 3 N–H and O–H groups in total. The van der Waals surface area contributed by atoms with E-state index in [0.717, 1.165) is 6.42 Å². The molecule has 0 aliphatic heterocycles. The molecule has 0 radical (unpaired) electrons. The summed E-state index contributed by atoms with van der Waals surface area (Å²) in [4.78, 5) is 26.8. The Morgan fingerprint density at radius 2 is 2.11 bits per heavy atom. The number of hydrogen-bond donors (Lipinski definition) is 3. The molecule has 0 fully saturated rings. The number of nitrogens with zero attached hydrogens (tertiary/aromatic N) is 2. The van der Waals surface area contributed by atoms with Crippen molar-refractivity contribution in [3.63, 3.8) is 0 Å². The van der Waals surface area contributed by atoms with Crippen LogP contribution in [-0.2, 0) is 4.79 Å². The molecule has 1 aromatic rings. The zero-order valence-corrected chi connectivity index (χ0v) is 11.4. The average molecular weight is 268 g/mol. The van der Waals surface area contributed by atoms with Gasteiger partial charge in [0.15, 0.2) is 0 Å². The van der Waals surface area contributed by atoms with Gasteiger partial charge in [0.1, 0.15) is 5.82 Å². The largest absolute Gasteiger partial charge is 0.481 e. The van der Waals surface area contributed by atoms with Crippen molar-refractivity contribution in [3.8, 4) is 0 Å². The highest BCUT2D eigenvalue weighted by molar-refractivity contribution is 5.90. The van der Waals surface area contributed by atoms with E-state index in [2.05, 4.69) is 20.5 Å². The number of aromatic amines is 1. The first-order chi connectivity index (χ1) is 8.95. The molecule has 0 spiro atoms. The molecule has 1 rings (SSSR count). The molecular formula is C12H20N4O3. The number of carbonyl (C=O) groups excluding carboxylic acids is 1. The molecule has 1 atom stereocenters. The molecule has 1 amide bonds. The highest BCUT2D eigenvalue weighted by atomic mass is 16.4. The summed E-state index contributed by atoms with van der Waals surface area (Å²) in [7, 11) is 0. The van der Waals surface area contributed by atoms with Crippen LogP contribution < -0.4 is 5.32 Å². The molecule has 0 bridgehead atoms. The third kappa shape index (κ3) is 4.35. The molecule has 7 nitrogen and oxygen atoms in total. The van der Waals surface area contributed by atoms with Gasteiger partial charge in [-0.25, -0.2) is 4.98 Å². The van der Waals surface area contributed by atoms with Crippen molar-refractivity contribution in [2.75, 3.05) is 6.54 Å². The van der Waals surface area contributed by atoms with Crippen LogP contribution in [0.3, 0.4) is 0 Å². The standard InChI is InChI=1S/C12H20N4O3/c1-4-5-8(12(18)19)6-13-11(17)10-14-9(7(2)3)15-16-10/h7-8H,4-6H2,1-3H3,(H,13,17)(H,18,19)(H,14,15,16). The Labute approximate surface area is 111 Å². The molecule has 0 saturated carbocycles. The van der Waals surface area contributed by atoms with Gasteiger partial charge in [-0.15, -0.1) is 5.10 Å². The zero-order valence-electron chi connectivity index (χ0n) is 11.4. The van der Waals surface area contributed by atoms with Crippen molar-refractivity contribution in [1.29, 1.82) is 0 Å². The monoisotopic (exact) mass is 268 g/mol. The number of carboxylic acids is 1. The smallest absolute Gasteiger partial charge is 0.308 e. The second kappa shape index (κ2) is 6.86. The van der Waals surface area contributed by atoms with E-state index in [1.54, 1.807) is 0 Å². The second-order valence-corrected chi connectivity index (χ2v) is 4.73. The Hall–Kier alpha value is -1.92. The summed E-state index contributed by atoms with van der Waals surface area (Å²) < 4.78 is 0. The molecular weight excluding hydrogens is 248 g/mol. The van der Waals surface area contributed by atoms with Crippen molar-refractivity contribution in [2.24, 2.45) is 5.92 Å². The van der Waals surface area contributed by atoms with Crippen LogP contribution in [0.15, 0.2) is 0 Å². The molecule has 0 saturated heterocycles. The summed E-state index contributed by atoms with van der Waals surface area (Å²) in [5.74, 6) is -1.10. The molecule has 1 aromatic heterocycles. The van der Waals surface area contributed by atoms with Gasteiger partial charge in [0.2, 0.25) is 5.82 Å².